The Hall–Kier alpha value is -13.0. The van der Waals surface area contributed by atoms with Gasteiger partial charge in [0.2, 0.25) is 10.8 Å². The van der Waals surface area contributed by atoms with Crippen LogP contribution < -0.4 is 19.3 Å². The maximum Gasteiger partial charge on any atom is 0.411 e. The molecule has 0 saturated heterocycles. The highest BCUT2D eigenvalue weighted by molar-refractivity contribution is 6.35. The van der Waals surface area contributed by atoms with Crippen molar-refractivity contribution in [3.63, 3.8) is 0 Å². The molecule has 0 bridgehead atoms. The standard InChI is InChI=1S/C89H64F12N4O10/c90-86(91,92)84(87(93,94)95,64-29-33-68-70(47-64)81(111)103(80(68)110)53-102-76(106)37-38-77(102)107)65-30-34-69-71(48-65)83(113)105(82(69)112)73-36-32-67(50-75(73)115-52-63-45-60(27-23-56-17-9-3-10-18-56)42-61(46-63)28-24-57-19-11-4-12-20-57)85(88(96,97)98,89(99,100)101)66-31-35-72(104-78(108)39-40-79(104)109)74(49-66)114-51-62-43-58(25-21-54-13-5-1-6-14-54)41-59(44-62)26-22-55-15-7-2-8-16-55/h1-20,29-50H,21-28,51-53H2. The van der Waals surface area contributed by atoms with Crippen molar-refractivity contribution in [2.24, 2.45) is 0 Å². The Balaban J connectivity index is 0.885. The molecule has 14 nitrogen and oxygen atoms in total. The fourth-order valence-corrected chi connectivity index (χ4v) is 15.2. The van der Waals surface area contributed by atoms with Gasteiger partial charge in [0.25, 0.3) is 47.3 Å². The second-order valence-electron chi connectivity index (χ2n) is 28.1. The molecule has 115 heavy (non-hydrogen) atoms. The van der Waals surface area contributed by atoms with Crippen LogP contribution in [0.3, 0.4) is 0 Å². The highest BCUT2D eigenvalue weighted by Crippen LogP contribution is 2.60. The van der Waals surface area contributed by atoms with Gasteiger partial charge < -0.3 is 9.47 Å². The highest BCUT2D eigenvalue weighted by atomic mass is 19.4. The van der Waals surface area contributed by atoms with Crippen molar-refractivity contribution in [3.8, 4) is 11.5 Å². The summed E-state index contributed by atoms with van der Waals surface area (Å²) in [5, 5.41) is 0. The molecule has 0 N–H and O–H groups in total. The Bertz CT molecular complexity index is 5400. The average molecular weight is 1580 g/mol. The van der Waals surface area contributed by atoms with E-state index in [1.54, 1.807) is 24.3 Å². The van der Waals surface area contributed by atoms with Crippen LogP contribution in [0.2, 0.25) is 0 Å². The summed E-state index contributed by atoms with van der Waals surface area (Å²) in [6, 6.07) is 52.0. The molecule has 0 atom stereocenters. The summed E-state index contributed by atoms with van der Waals surface area (Å²) in [5.74, 6) is -12.1. The molecule has 4 heterocycles. The third kappa shape index (κ3) is 15.2. The van der Waals surface area contributed by atoms with Gasteiger partial charge in [-0.2, -0.15) is 52.7 Å². The minimum absolute atomic E-state index is 0.0716. The Morgan fingerprint density at radius 1 is 0.252 bits per heavy atom. The largest absolute Gasteiger partial charge is 0.487 e. The summed E-state index contributed by atoms with van der Waals surface area (Å²) in [6.07, 6.45) is -18.9. The first kappa shape index (κ1) is 78.7. The van der Waals surface area contributed by atoms with E-state index >= 15 is 57.5 Å². The van der Waals surface area contributed by atoms with Crippen LogP contribution in [0.5, 0.6) is 11.5 Å². The zero-order valence-electron chi connectivity index (χ0n) is 60.4. The molecule has 0 spiro atoms. The predicted molar refractivity (Wildman–Crippen MR) is 398 cm³/mol. The Morgan fingerprint density at radius 3 is 0.887 bits per heavy atom. The first-order chi connectivity index (χ1) is 54.8. The normalized spacial score (nSPS) is 14.6. The zero-order valence-corrected chi connectivity index (χ0v) is 60.4. The maximum atomic E-state index is 17.0. The number of amides is 8. The van der Waals surface area contributed by atoms with Gasteiger partial charge >= 0.3 is 24.7 Å². The number of carbonyl (C=O) groups excluding carboxylic acids is 8. The zero-order chi connectivity index (χ0) is 81.5. The third-order valence-corrected chi connectivity index (χ3v) is 20.9. The smallest absolute Gasteiger partial charge is 0.411 e. The molecule has 4 aliphatic rings. The number of fused-ring (bicyclic) bond motifs is 2. The van der Waals surface area contributed by atoms with E-state index in [-0.39, 0.29) is 51.8 Å². The molecule has 8 amide bonds. The quantitative estimate of drug-likeness (QED) is 0.0376. The summed E-state index contributed by atoms with van der Waals surface area (Å²) < 4.78 is 211. The number of aryl methyl sites for hydroxylation is 8. The molecule has 584 valence electrons. The van der Waals surface area contributed by atoms with E-state index in [2.05, 4.69) is 0 Å². The SMILES string of the molecule is O=C1C=CC(=O)N1CN1C(=O)c2ccc(C(c3ccc4c(c3)C(=O)N(c3ccc(C(c5ccc(N6C(=O)C=CC6=O)c(OCc6cc(CCc7ccccc7)cc(CCc7ccccc7)c6)c5)(C(F)(F)F)C(F)(F)F)cc3OCc3cc(CCc5ccccc5)cc(CCc5ccccc5)c3)C4=O)(C(F)(F)F)C(F)(F)F)cc2C1=O. The molecule has 14 rings (SSSR count). The Morgan fingerprint density at radius 2 is 0.530 bits per heavy atom. The summed E-state index contributed by atoms with van der Waals surface area (Å²) in [4.78, 5) is 111. The molecule has 0 unspecified atom stereocenters. The second-order valence-corrected chi connectivity index (χ2v) is 28.1. The van der Waals surface area contributed by atoms with Crippen molar-refractivity contribution >= 4 is 58.6 Å². The number of rotatable bonds is 26. The predicted octanol–water partition coefficient (Wildman–Crippen LogP) is 17.5. The van der Waals surface area contributed by atoms with Crippen LogP contribution in [0.1, 0.15) is 119 Å². The number of nitrogens with zero attached hydrogens (tertiary/aromatic N) is 4. The molecular formula is C89H64F12N4O10. The van der Waals surface area contributed by atoms with Gasteiger partial charge in [-0.3, -0.25) is 48.2 Å². The van der Waals surface area contributed by atoms with Crippen LogP contribution >= 0.6 is 0 Å². The number of benzene rings is 10. The molecule has 0 fully saturated rings. The van der Waals surface area contributed by atoms with Gasteiger partial charge in [-0.25, -0.2) is 9.80 Å². The number of hydrogen-bond acceptors (Lipinski definition) is 10. The molecular weight excluding hydrogens is 1510 g/mol. The summed E-state index contributed by atoms with van der Waals surface area (Å²) in [5.41, 5.74) is -15.4. The van der Waals surface area contributed by atoms with E-state index in [0.717, 1.165) is 57.7 Å². The van der Waals surface area contributed by atoms with E-state index in [9.17, 15) is 33.6 Å². The van der Waals surface area contributed by atoms with Crippen LogP contribution in [0.25, 0.3) is 0 Å². The summed E-state index contributed by atoms with van der Waals surface area (Å²) >= 11 is 0. The molecule has 0 radical (unpaired) electrons. The van der Waals surface area contributed by atoms with Gasteiger partial charge in [-0.1, -0.05) is 182 Å². The fourth-order valence-electron chi connectivity index (χ4n) is 15.2. The third-order valence-electron chi connectivity index (χ3n) is 20.9. The lowest BCUT2D eigenvalue weighted by atomic mass is 9.71. The molecule has 10 aromatic carbocycles. The Labute approximate surface area is 649 Å². The molecule has 0 saturated carbocycles. The molecule has 4 aliphatic heterocycles. The molecule has 10 aromatic rings. The number of halogens is 12. The number of anilines is 2. The minimum Gasteiger partial charge on any atom is -0.487 e. The second kappa shape index (κ2) is 31.2. The van der Waals surface area contributed by atoms with Crippen molar-refractivity contribution in [2.45, 2.75) is 100 Å². The average Bonchev–Trinajstić information content (AvgIpc) is 1.69. The van der Waals surface area contributed by atoms with E-state index in [1.165, 1.54) is 0 Å². The topological polar surface area (TPSA) is 168 Å². The van der Waals surface area contributed by atoms with Gasteiger partial charge in [-0.05, 0) is 178 Å². The molecule has 0 aromatic heterocycles. The highest BCUT2D eigenvalue weighted by Gasteiger charge is 2.74. The number of hydrogen-bond donors (Lipinski definition) is 0. The lowest BCUT2D eigenvalue weighted by molar-refractivity contribution is -0.290. The number of imide groups is 4. The first-order valence-electron chi connectivity index (χ1n) is 36.2. The van der Waals surface area contributed by atoms with Gasteiger partial charge in [0.1, 0.15) is 31.4 Å². The monoisotopic (exact) mass is 1580 g/mol. The van der Waals surface area contributed by atoms with E-state index in [0.29, 0.717) is 114 Å². The van der Waals surface area contributed by atoms with Crippen molar-refractivity contribution in [3.05, 3.63) is 355 Å². The van der Waals surface area contributed by atoms with E-state index in [1.807, 2.05) is 133 Å². The van der Waals surface area contributed by atoms with Crippen molar-refractivity contribution in [1.82, 2.24) is 9.80 Å². The first-order valence-corrected chi connectivity index (χ1v) is 36.2. The van der Waals surface area contributed by atoms with Crippen LogP contribution in [0, 0.1) is 0 Å². The summed E-state index contributed by atoms with van der Waals surface area (Å²) in [6.45, 7) is -2.41. The van der Waals surface area contributed by atoms with Crippen LogP contribution in [0.15, 0.2) is 255 Å². The Kier molecular flexibility index (Phi) is 21.3. The van der Waals surface area contributed by atoms with Crippen molar-refractivity contribution < 1.29 is 101 Å². The van der Waals surface area contributed by atoms with E-state index in [4.69, 9.17) is 9.47 Å². The summed E-state index contributed by atoms with van der Waals surface area (Å²) in [7, 11) is 0. The fraction of sp³-hybridized carbons (Fsp3) is 0.191. The van der Waals surface area contributed by atoms with Gasteiger partial charge in [0.15, 0.2) is 0 Å². The van der Waals surface area contributed by atoms with Gasteiger partial charge in [0.05, 0.1) is 33.6 Å². The van der Waals surface area contributed by atoms with Crippen molar-refractivity contribution in [2.75, 3.05) is 16.5 Å². The van der Waals surface area contributed by atoms with Gasteiger partial charge in [-0.15, -0.1) is 0 Å². The van der Waals surface area contributed by atoms with Crippen molar-refractivity contribution in [1.29, 1.82) is 0 Å². The van der Waals surface area contributed by atoms with Crippen LogP contribution in [-0.2, 0) is 94.6 Å². The number of ether oxygens (including phenoxy) is 2. The van der Waals surface area contributed by atoms with Crippen LogP contribution in [-0.4, -0.2) is 88.4 Å². The maximum absolute atomic E-state index is 17.0. The molecule has 0 aliphatic carbocycles. The van der Waals surface area contributed by atoms with Gasteiger partial charge in [0, 0.05) is 24.3 Å². The minimum atomic E-state index is -6.50. The van der Waals surface area contributed by atoms with Crippen LogP contribution in [0.4, 0.5) is 64.1 Å². The molecule has 26 heteroatoms. The lowest BCUT2D eigenvalue weighted by Gasteiger charge is -2.39. The number of carbonyl (C=O) groups is 8. The lowest BCUT2D eigenvalue weighted by Crippen LogP contribution is -2.55. The van der Waals surface area contributed by atoms with E-state index < -0.39 is 170 Å². The number of alkyl halides is 12.